The number of aliphatic imine (C=N–C) groups is 1. The molecule has 1 aromatic carbocycles. The average Bonchev–Trinajstić information content (AvgIpc) is 3.49. The van der Waals surface area contributed by atoms with Crippen LogP contribution in [0.15, 0.2) is 33.8 Å². The maximum Gasteiger partial charge on any atom is 0.228 e. The molecule has 3 heterocycles. The lowest BCUT2D eigenvalue weighted by molar-refractivity contribution is 0.281. The molecule has 1 aromatic heterocycles. The van der Waals surface area contributed by atoms with Gasteiger partial charge in [0, 0.05) is 50.2 Å². The van der Waals surface area contributed by atoms with Crippen LogP contribution in [0.3, 0.4) is 0 Å². The Hall–Kier alpha value is -1.39. The molecule has 2 aliphatic rings. The minimum atomic E-state index is 0. The summed E-state index contributed by atoms with van der Waals surface area (Å²) in [7, 11) is 1.85. The summed E-state index contributed by atoms with van der Waals surface area (Å²) in [6.45, 7) is 6.62. The topological polar surface area (TPSA) is 69.8 Å². The maximum absolute atomic E-state index is 5.93. The van der Waals surface area contributed by atoms with Crippen LogP contribution in [0.5, 0.6) is 0 Å². The van der Waals surface area contributed by atoms with Crippen LogP contribution >= 0.6 is 35.6 Å². The molecule has 0 aliphatic carbocycles. The zero-order valence-corrected chi connectivity index (χ0v) is 20.5. The lowest BCUT2D eigenvalue weighted by Gasteiger charge is -2.23. The van der Waals surface area contributed by atoms with Crippen molar-refractivity contribution in [1.29, 1.82) is 0 Å². The molecule has 0 radical (unpaired) electrons. The average molecular weight is 545 g/mol. The molecule has 0 amide bonds. The summed E-state index contributed by atoms with van der Waals surface area (Å²) in [5, 5.41) is 8.21. The monoisotopic (exact) mass is 544 g/mol. The van der Waals surface area contributed by atoms with Gasteiger partial charge in [-0.15, -0.1) is 24.0 Å². The van der Waals surface area contributed by atoms with E-state index in [1.807, 2.05) is 31.3 Å². The minimum absolute atomic E-state index is 0. The van der Waals surface area contributed by atoms with Gasteiger partial charge in [0.15, 0.2) is 5.96 Å². The van der Waals surface area contributed by atoms with Crippen molar-refractivity contribution >= 4 is 41.5 Å². The second-order valence-electron chi connectivity index (χ2n) is 7.85. The molecule has 2 aliphatic heterocycles. The van der Waals surface area contributed by atoms with Crippen LogP contribution in [0.4, 0.5) is 0 Å². The first-order valence-electron chi connectivity index (χ1n) is 10.5. The van der Waals surface area contributed by atoms with Crippen molar-refractivity contribution < 1.29 is 4.52 Å². The van der Waals surface area contributed by atoms with Gasteiger partial charge >= 0.3 is 0 Å². The highest BCUT2D eigenvalue weighted by molar-refractivity contribution is 14.0. The normalized spacial score (nSPS) is 19.9. The molecule has 2 saturated heterocycles. The molecular weight excluding hydrogens is 515 g/mol. The molecule has 30 heavy (non-hydrogen) atoms. The van der Waals surface area contributed by atoms with Crippen molar-refractivity contribution in [2.45, 2.75) is 25.7 Å². The lowest BCUT2D eigenvalue weighted by Crippen LogP contribution is -2.41. The van der Waals surface area contributed by atoms with Crippen LogP contribution in [0.1, 0.15) is 25.2 Å². The number of rotatable bonds is 6. The Morgan fingerprint density at radius 1 is 1.23 bits per heavy atom. The van der Waals surface area contributed by atoms with E-state index in [1.54, 1.807) is 0 Å². The molecule has 1 N–H and O–H groups in total. The Kier molecular flexibility index (Phi) is 8.76. The number of likely N-dealkylation sites (tertiary alicyclic amines) is 2. The Morgan fingerprint density at radius 3 is 2.73 bits per heavy atom. The van der Waals surface area contributed by atoms with E-state index in [0.29, 0.717) is 29.7 Å². The Morgan fingerprint density at radius 2 is 2.00 bits per heavy atom. The number of nitrogens with zero attached hydrogens (tertiary/aromatic N) is 5. The van der Waals surface area contributed by atoms with Crippen LogP contribution < -0.4 is 5.32 Å². The fraction of sp³-hybridized carbons (Fsp3) is 0.571. The third-order valence-electron chi connectivity index (χ3n) is 5.70. The largest absolute Gasteiger partial charge is 0.356 e. The van der Waals surface area contributed by atoms with Gasteiger partial charge in [-0.3, -0.25) is 4.99 Å². The van der Waals surface area contributed by atoms with Gasteiger partial charge in [0.2, 0.25) is 11.7 Å². The fourth-order valence-corrected chi connectivity index (χ4v) is 4.32. The minimum Gasteiger partial charge on any atom is -0.356 e. The van der Waals surface area contributed by atoms with Crippen molar-refractivity contribution in [2.75, 3.05) is 46.3 Å². The SMILES string of the molecule is CN=C(NCCc1nc(-c2ccc(Cl)cc2)no1)N1CCC(CN2CCCC2)C1.I. The Labute approximate surface area is 200 Å². The zero-order chi connectivity index (χ0) is 20.1. The van der Waals surface area contributed by atoms with Gasteiger partial charge in [-0.25, -0.2) is 0 Å². The van der Waals surface area contributed by atoms with Crippen molar-refractivity contribution in [3.8, 4) is 11.4 Å². The zero-order valence-electron chi connectivity index (χ0n) is 17.4. The van der Waals surface area contributed by atoms with Gasteiger partial charge in [-0.05, 0) is 62.5 Å². The van der Waals surface area contributed by atoms with Gasteiger partial charge in [-0.2, -0.15) is 4.98 Å². The number of hydrogen-bond donors (Lipinski definition) is 1. The van der Waals surface area contributed by atoms with Gasteiger partial charge in [-0.1, -0.05) is 16.8 Å². The molecule has 2 aromatic rings. The first-order valence-corrected chi connectivity index (χ1v) is 10.9. The predicted molar refractivity (Wildman–Crippen MR) is 131 cm³/mol. The predicted octanol–water partition coefficient (Wildman–Crippen LogP) is 3.54. The summed E-state index contributed by atoms with van der Waals surface area (Å²) in [5.41, 5.74) is 0.897. The Balaban J connectivity index is 0.00000256. The smallest absolute Gasteiger partial charge is 0.228 e. The van der Waals surface area contributed by atoms with E-state index in [0.717, 1.165) is 30.5 Å². The van der Waals surface area contributed by atoms with E-state index in [9.17, 15) is 0 Å². The van der Waals surface area contributed by atoms with Gasteiger partial charge in [0.25, 0.3) is 0 Å². The third kappa shape index (κ3) is 6.07. The fourth-order valence-electron chi connectivity index (χ4n) is 4.19. The van der Waals surface area contributed by atoms with Crippen LogP contribution in [-0.2, 0) is 6.42 Å². The Bertz CT molecular complexity index is 821. The number of nitrogens with one attached hydrogen (secondary N) is 1. The molecule has 1 unspecified atom stereocenters. The molecule has 9 heteroatoms. The number of guanidine groups is 1. The van der Waals surface area contributed by atoms with E-state index in [2.05, 4.69) is 30.2 Å². The van der Waals surface area contributed by atoms with E-state index in [4.69, 9.17) is 16.1 Å². The number of hydrogen-bond acceptors (Lipinski definition) is 5. The van der Waals surface area contributed by atoms with Crippen LogP contribution in [0, 0.1) is 5.92 Å². The summed E-state index contributed by atoms with van der Waals surface area (Å²) in [6.07, 6.45) is 4.61. The van der Waals surface area contributed by atoms with Gasteiger partial charge in [0.1, 0.15) is 0 Å². The summed E-state index contributed by atoms with van der Waals surface area (Å²) in [5.74, 6) is 2.91. The summed E-state index contributed by atoms with van der Waals surface area (Å²) < 4.78 is 5.39. The van der Waals surface area contributed by atoms with Crippen molar-refractivity contribution in [3.05, 3.63) is 35.2 Å². The number of halogens is 2. The second kappa shape index (κ2) is 11.3. The quantitative estimate of drug-likeness (QED) is 0.341. The van der Waals surface area contributed by atoms with Crippen molar-refractivity contribution in [1.82, 2.24) is 25.3 Å². The van der Waals surface area contributed by atoms with E-state index in [1.165, 1.54) is 38.9 Å². The molecule has 4 rings (SSSR count). The highest BCUT2D eigenvalue weighted by Crippen LogP contribution is 2.20. The van der Waals surface area contributed by atoms with E-state index < -0.39 is 0 Å². The second-order valence-corrected chi connectivity index (χ2v) is 8.29. The molecule has 0 bridgehead atoms. The molecule has 0 spiro atoms. The van der Waals surface area contributed by atoms with Gasteiger partial charge < -0.3 is 19.6 Å². The van der Waals surface area contributed by atoms with Crippen LogP contribution in [0.25, 0.3) is 11.4 Å². The van der Waals surface area contributed by atoms with Crippen LogP contribution in [-0.4, -0.2) is 72.2 Å². The molecular formula is C21H30ClIN6O. The van der Waals surface area contributed by atoms with Gasteiger partial charge in [0.05, 0.1) is 0 Å². The standard InChI is InChI=1S/C21H29ClN6O.HI/c1-23-21(28-13-9-16(15-28)14-27-11-2-3-12-27)24-10-8-19-25-20(26-29-19)17-4-6-18(22)7-5-17;/h4-7,16H,2-3,8-15H2,1H3,(H,23,24);1H. The van der Waals surface area contributed by atoms with E-state index in [-0.39, 0.29) is 24.0 Å². The summed E-state index contributed by atoms with van der Waals surface area (Å²) in [4.78, 5) is 13.9. The highest BCUT2D eigenvalue weighted by Gasteiger charge is 2.27. The van der Waals surface area contributed by atoms with Crippen LogP contribution in [0.2, 0.25) is 5.02 Å². The molecule has 7 nitrogen and oxygen atoms in total. The molecule has 2 fully saturated rings. The lowest BCUT2D eigenvalue weighted by atomic mass is 10.1. The van der Waals surface area contributed by atoms with Crippen molar-refractivity contribution in [3.63, 3.8) is 0 Å². The number of benzene rings is 1. The van der Waals surface area contributed by atoms with Crippen molar-refractivity contribution in [2.24, 2.45) is 10.9 Å². The summed E-state index contributed by atoms with van der Waals surface area (Å²) >= 11 is 5.93. The first kappa shape index (κ1) is 23.3. The molecule has 0 saturated carbocycles. The molecule has 1 atom stereocenters. The van der Waals surface area contributed by atoms with E-state index >= 15 is 0 Å². The number of aromatic nitrogens is 2. The summed E-state index contributed by atoms with van der Waals surface area (Å²) in [6, 6.07) is 7.43. The first-order chi connectivity index (χ1) is 14.2. The maximum atomic E-state index is 5.93. The highest BCUT2D eigenvalue weighted by atomic mass is 127. The molecule has 164 valence electrons. The third-order valence-corrected chi connectivity index (χ3v) is 5.96.